The lowest BCUT2D eigenvalue weighted by Gasteiger charge is -1.93. The summed E-state index contributed by atoms with van der Waals surface area (Å²) in [4.78, 5) is 15.3. The molecule has 3 rings (SSSR count). The van der Waals surface area contributed by atoms with Gasteiger partial charge in [0, 0.05) is 10.9 Å². The van der Waals surface area contributed by atoms with Crippen molar-refractivity contribution in [1.29, 1.82) is 0 Å². The number of carboxylic acids is 1. The van der Waals surface area contributed by atoms with Crippen LogP contribution >= 0.6 is 11.3 Å². The smallest absolute Gasteiger partial charge is 0.335 e. The molecule has 2 N–H and O–H groups in total. The standard InChI is InChI=1S/C13H9NO2S/c15-13(16)9-4-3-8-6-11(14-10(8)7-9)12-2-1-5-17-12/h1-7,14H,(H,15,16). The number of aromatic carboxylic acids is 1. The van der Waals surface area contributed by atoms with Crippen LogP contribution in [0.5, 0.6) is 0 Å². The molecule has 0 aliphatic heterocycles. The van der Waals surface area contributed by atoms with Crippen molar-refractivity contribution in [3.05, 3.63) is 47.3 Å². The van der Waals surface area contributed by atoms with Crippen LogP contribution in [0.1, 0.15) is 10.4 Å². The number of aromatic amines is 1. The summed E-state index contributed by atoms with van der Waals surface area (Å²) in [6.45, 7) is 0. The summed E-state index contributed by atoms with van der Waals surface area (Å²) in [5.41, 5.74) is 2.18. The summed E-state index contributed by atoms with van der Waals surface area (Å²) in [6, 6.07) is 11.2. The predicted molar refractivity (Wildman–Crippen MR) is 68.6 cm³/mol. The lowest BCUT2D eigenvalue weighted by atomic mass is 10.1. The predicted octanol–water partition coefficient (Wildman–Crippen LogP) is 3.59. The third-order valence-electron chi connectivity index (χ3n) is 2.66. The first-order chi connectivity index (χ1) is 8.24. The highest BCUT2D eigenvalue weighted by Gasteiger charge is 2.07. The fourth-order valence-corrected chi connectivity index (χ4v) is 2.52. The Hall–Kier alpha value is -2.07. The summed E-state index contributed by atoms with van der Waals surface area (Å²) >= 11 is 1.65. The Bertz CT molecular complexity index is 683. The Labute approximate surface area is 101 Å². The third kappa shape index (κ3) is 1.72. The minimum atomic E-state index is -0.904. The second-order valence-corrected chi connectivity index (χ2v) is 4.72. The average Bonchev–Trinajstić information content (AvgIpc) is 2.96. The van der Waals surface area contributed by atoms with E-state index in [9.17, 15) is 4.79 Å². The van der Waals surface area contributed by atoms with E-state index >= 15 is 0 Å². The zero-order valence-electron chi connectivity index (χ0n) is 8.81. The number of nitrogens with one attached hydrogen (secondary N) is 1. The molecular formula is C13H9NO2S. The minimum absolute atomic E-state index is 0.303. The fraction of sp³-hybridized carbons (Fsp3) is 0. The van der Waals surface area contributed by atoms with E-state index in [1.54, 1.807) is 23.5 Å². The van der Waals surface area contributed by atoms with Crippen LogP contribution in [0.25, 0.3) is 21.5 Å². The molecule has 0 saturated heterocycles. The molecule has 0 fully saturated rings. The second-order valence-electron chi connectivity index (χ2n) is 3.77. The number of thiophene rings is 1. The van der Waals surface area contributed by atoms with Gasteiger partial charge in [0.1, 0.15) is 0 Å². The van der Waals surface area contributed by atoms with Crippen LogP contribution in [0.2, 0.25) is 0 Å². The highest BCUT2D eigenvalue weighted by atomic mass is 32.1. The normalized spacial score (nSPS) is 10.8. The number of rotatable bonds is 2. The van der Waals surface area contributed by atoms with Crippen molar-refractivity contribution < 1.29 is 9.90 Å². The zero-order chi connectivity index (χ0) is 11.8. The zero-order valence-corrected chi connectivity index (χ0v) is 9.62. The van der Waals surface area contributed by atoms with Crippen molar-refractivity contribution in [3.8, 4) is 10.6 Å². The number of carbonyl (C=O) groups is 1. The molecule has 0 unspecified atom stereocenters. The van der Waals surface area contributed by atoms with Crippen LogP contribution in [0.3, 0.4) is 0 Å². The summed E-state index contributed by atoms with van der Waals surface area (Å²) in [6.07, 6.45) is 0. The Balaban J connectivity index is 2.16. The van der Waals surface area contributed by atoms with Crippen LogP contribution in [-0.4, -0.2) is 16.1 Å². The van der Waals surface area contributed by atoms with E-state index in [2.05, 4.69) is 4.98 Å². The number of fused-ring (bicyclic) bond motifs is 1. The largest absolute Gasteiger partial charge is 0.478 e. The van der Waals surface area contributed by atoms with E-state index in [-0.39, 0.29) is 0 Å². The van der Waals surface area contributed by atoms with Crippen molar-refractivity contribution in [2.24, 2.45) is 0 Å². The number of hydrogen-bond acceptors (Lipinski definition) is 2. The van der Waals surface area contributed by atoms with E-state index in [0.717, 1.165) is 21.5 Å². The lowest BCUT2D eigenvalue weighted by Crippen LogP contribution is -1.94. The quantitative estimate of drug-likeness (QED) is 0.722. The maximum absolute atomic E-state index is 10.9. The summed E-state index contributed by atoms with van der Waals surface area (Å²) in [7, 11) is 0. The molecule has 2 heterocycles. The van der Waals surface area contributed by atoms with Crippen LogP contribution in [0.15, 0.2) is 41.8 Å². The molecule has 3 nitrogen and oxygen atoms in total. The first kappa shape index (κ1) is 10.1. The van der Waals surface area contributed by atoms with Gasteiger partial charge >= 0.3 is 5.97 Å². The SMILES string of the molecule is O=C(O)c1ccc2cc(-c3cccs3)[nH]c2c1. The Morgan fingerprint density at radius 3 is 2.82 bits per heavy atom. The third-order valence-corrected chi connectivity index (χ3v) is 3.56. The van der Waals surface area contributed by atoms with Crippen molar-refractivity contribution in [2.75, 3.05) is 0 Å². The van der Waals surface area contributed by atoms with E-state index < -0.39 is 5.97 Å². The minimum Gasteiger partial charge on any atom is -0.478 e. The van der Waals surface area contributed by atoms with Crippen LogP contribution in [-0.2, 0) is 0 Å². The van der Waals surface area contributed by atoms with Gasteiger partial charge in [0.2, 0.25) is 0 Å². The molecule has 1 aromatic carbocycles. The summed E-state index contributed by atoms with van der Waals surface area (Å²) < 4.78 is 0. The monoisotopic (exact) mass is 243 g/mol. The van der Waals surface area contributed by atoms with Crippen LogP contribution < -0.4 is 0 Å². The Morgan fingerprint density at radius 1 is 1.24 bits per heavy atom. The van der Waals surface area contributed by atoms with Gasteiger partial charge in [0.15, 0.2) is 0 Å². The molecule has 0 bridgehead atoms. The Kier molecular flexibility index (Phi) is 2.23. The number of benzene rings is 1. The van der Waals surface area contributed by atoms with Gasteiger partial charge in [-0.15, -0.1) is 11.3 Å². The van der Waals surface area contributed by atoms with Crippen molar-refractivity contribution in [1.82, 2.24) is 4.98 Å². The molecule has 2 aromatic heterocycles. The average molecular weight is 243 g/mol. The van der Waals surface area contributed by atoms with Gasteiger partial charge in [-0.25, -0.2) is 4.79 Å². The first-order valence-electron chi connectivity index (χ1n) is 5.14. The summed E-state index contributed by atoms with van der Waals surface area (Å²) in [5.74, 6) is -0.904. The molecule has 0 aliphatic carbocycles. The van der Waals surface area contributed by atoms with Gasteiger partial charge in [-0.2, -0.15) is 0 Å². The maximum Gasteiger partial charge on any atom is 0.335 e. The maximum atomic E-state index is 10.9. The molecule has 0 atom stereocenters. The molecule has 84 valence electrons. The molecule has 0 amide bonds. The van der Waals surface area contributed by atoms with E-state index in [1.165, 1.54) is 0 Å². The van der Waals surface area contributed by atoms with Crippen molar-refractivity contribution in [3.63, 3.8) is 0 Å². The van der Waals surface area contributed by atoms with Gasteiger partial charge < -0.3 is 10.1 Å². The van der Waals surface area contributed by atoms with Gasteiger partial charge in [0.25, 0.3) is 0 Å². The van der Waals surface area contributed by atoms with Crippen molar-refractivity contribution in [2.45, 2.75) is 0 Å². The number of hydrogen-bond donors (Lipinski definition) is 2. The number of carboxylic acid groups (broad SMARTS) is 1. The molecule has 0 spiro atoms. The molecular weight excluding hydrogens is 234 g/mol. The second kappa shape index (κ2) is 3.75. The lowest BCUT2D eigenvalue weighted by molar-refractivity contribution is 0.0697. The summed E-state index contributed by atoms with van der Waals surface area (Å²) in [5, 5.41) is 12.0. The van der Waals surface area contributed by atoms with Gasteiger partial charge in [0.05, 0.1) is 16.1 Å². The highest BCUT2D eigenvalue weighted by Crippen LogP contribution is 2.27. The molecule has 3 aromatic rings. The topological polar surface area (TPSA) is 53.1 Å². The van der Waals surface area contributed by atoms with E-state index in [0.29, 0.717) is 5.56 Å². The number of aromatic nitrogens is 1. The fourth-order valence-electron chi connectivity index (χ4n) is 1.82. The molecule has 0 saturated carbocycles. The van der Waals surface area contributed by atoms with Gasteiger partial charge in [-0.05, 0) is 29.6 Å². The van der Waals surface area contributed by atoms with Crippen LogP contribution in [0, 0.1) is 0 Å². The Morgan fingerprint density at radius 2 is 2.12 bits per heavy atom. The first-order valence-corrected chi connectivity index (χ1v) is 6.02. The van der Waals surface area contributed by atoms with E-state index in [1.807, 2.05) is 29.6 Å². The number of H-pyrrole nitrogens is 1. The highest BCUT2D eigenvalue weighted by molar-refractivity contribution is 7.13. The molecule has 0 aliphatic rings. The van der Waals surface area contributed by atoms with E-state index in [4.69, 9.17) is 5.11 Å². The van der Waals surface area contributed by atoms with Gasteiger partial charge in [-0.3, -0.25) is 0 Å². The van der Waals surface area contributed by atoms with Gasteiger partial charge in [-0.1, -0.05) is 12.1 Å². The molecule has 0 radical (unpaired) electrons. The van der Waals surface area contributed by atoms with Crippen LogP contribution in [0.4, 0.5) is 0 Å². The van der Waals surface area contributed by atoms with Crippen molar-refractivity contribution >= 4 is 28.2 Å². The molecule has 4 heteroatoms. The molecule has 17 heavy (non-hydrogen) atoms.